The molecule has 116 valence electrons. The lowest BCUT2D eigenvalue weighted by atomic mass is 10.3. The number of hydrogen-bond donors (Lipinski definition) is 2. The molecule has 2 amide bonds. The molecule has 0 aromatic carbocycles. The molecule has 2 N–H and O–H groups in total. The predicted molar refractivity (Wildman–Crippen MR) is 85.3 cm³/mol. The van der Waals surface area contributed by atoms with Gasteiger partial charge in [0.2, 0.25) is 11.8 Å². The largest absolute Gasteiger partial charge is 0.352 e. The van der Waals surface area contributed by atoms with Gasteiger partial charge in [-0.1, -0.05) is 6.07 Å². The summed E-state index contributed by atoms with van der Waals surface area (Å²) < 4.78 is 0. The summed E-state index contributed by atoms with van der Waals surface area (Å²) in [5.41, 5.74) is 1.46. The molecule has 7 heteroatoms. The van der Waals surface area contributed by atoms with Crippen molar-refractivity contribution in [1.29, 1.82) is 0 Å². The monoisotopic (exact) mass is 318 g/mol. The van der Waals surface area contributed by atoms with Gasteiger partial charge < -0.3 is 10.6 Å². The first kappa shape index (κ1) is 16.1. The van der Waals surface area contributed by atoms with Gasteiger partial charge >= 0.3 is 0 Å². The van der Waals surface area contributed by atoms with Crippen LogP contribution in [0.25, 0.3) is 10.7 Å². The number of hydrogen-bond acceptors (Lipinski definition) is 5. The first-order chi connectivity index (χ1) is 10.5. The minimum absolute atomic E-state index is 0.0196. The molecular formula is C15H18N4O2S. The van der Waals surface area contributed by atoms with Crippen LogP contribution in [-0.2, 0) is 16.0 Å². The van der Waals surface area contributed by atoms with E-state index < -0.39 is 0 Å². The van der Waals surface area contributed by atoms with E-state index in [1.54, 1.807) is 6.20 Å². The fourth-order valence-corrected chi connectivity index (χ4v) is 2.57. The fourth-order valence-electron chi connectivity index (χ4n) is 1.77. The third-order valence-corrected chi connectivity index (χ3v) is 3.59. The van der Waals surface area contributed by atoms with Crippen molar-refractivity contribution in [3.05, 3.63) is 35.5 Å². The summed E-state index contributed by atoms with van der Waals surface area (Å²) in [4.78, 5) is 31.9. The van der Waals surface area contributed by atoms with Gasteiger partial charge in [0.05, 0.1) is 24.4 Å². The minimum Gasteiger partial charge on any atom is -0.352 e. The van der Waals surface area contributed by atoms with Crippen LogP contribution < -0.4 is 10.6 Å². The maximum absolute atomic E-state index is 11.8. The molecule has 0 bridgehead atoms. The van der Waals surface area contributed by atoms with Gasteiger partial charge in [0.1, 0.15) is 5.01 Å². The van der Waals surface area contributed by atoms with E-state index in [9.17, 15) is 9.59 Å². The lowest BCUT2D eigenvalue weighted by Gasteiger charge is -2.08. The van der Waals surface area contributed by atoms with Crippen LogP contribution in [0, 0.1) is 0 Å². The van der Waals surface area contributed by atoms with Crippen molar-refractivity contribution in [3.8, 4) is 10.7 Å². The Hall–Kier alpha value is -2.28. The molecule has 22 heavy (non-hydrogen) atoms. The van der Waals surface area contributed by atoms with E-state index in [-0.39, 0.29) is 30.8 Å². The summed E-state index contributed by atoms with van der Waals surface area (Å²) >= 11 is 1.44. The van der Waals surface area contributed by atoms with Crippen LogP contribution in [0.5, 0.6) is 0 Å². The molecule has 6 nitrogen and oxygen atoms in total. The van der Waals surface area contributed by atoms with Crippen LogP contribution in [0.1, 0.15) is 19.5 Å². The molecule has 2 heterocycles. The Morgan fingerprint density at radius 3 is 2.77 bits per heavy atom. The molecule has 0 saturated heterocycles. The van der Waals surface area contributed by atoms with Gasteiger partial charge in [0, 0.05) is 17.6 Å². The Kier molecular flexibility index (Phi) is 5.60. The van der Waals surface area contributed by atoms with Crippen LogP contribution >= 0.6 is 11.3 Å². The van der Waals surface area contributed by atoms with Gasteiger partial charge in [-0.15, -0.1) is 11.3 Å². The normalized spacial score (nSPS) is 10.5. The van der Waals surface area contributed by atoms with Crippen LogP contribution in [0.4, 0.5) is 0 Å². The number of amides is 2. The molecule has 0 fully saturated rings. The average molecular weight is 318 g/mol. The lowest BCUT2D eigenvalue weighted by molar-refractivity contribution is -0.126. The molecule has 0 aliphatic carbocycles. The van der Waals surface area contributed by atoms with Crippen LogP contribution in [0.15, 0.2) is 29.8 Å². The number of pyridine rings is 1. The number of aromatic nitrogens is 2. The van der Waals surface area contributed by atoms with E-state index in [0.717, 1.165) is 10.7 Å². The van der Waals surface area contributed by atoms with Gasteiger partial charge in [-0.2, -0.15) is 0 Å². The van der Waals surface area contributed by atoms with Crippen molar-refractivity contribution in [2.24, 2.45) is 0 Å². The van der Waals surface area contributed by atoms with E-state index in [0.29, 0.717) is 5.69 Å². The number of carbonyl (C=O) groups is 2. The Balaban J connectivity index is 1.85. The lowest BCUT2D eigenvalue weighted by Crippen LogP contribution is -2.40. The van der Waals surface area contributed by atoms with E-state index in [4.69, 9.17) is 0 Å². The second-order valence-corrected chi connectivity index (χ2v) is 5.89. The van der Waals surface area contributed by atoms with Crippen molar-refractivity contribution in [2.45, 2.75) is 26.3 Å². The van der Waals surface area contributed by atoms with Gasteiger partial charge in [0.15, 0.2) is 0 Å². The predicted octanol–water partition coefficient (Wildman–Crippen LogP) is 1.39. The zero-order valence-corrected chi connectivity index (χ0v) is 13.3. The van der Waals surface area contributed by atoms with Gasteiger partial charge in [-0.25, -0.2) is 4.98 Å². The fraction of sp³-hybridized carbons (Fsp3) is 0.333. The average Bonchev–Trinajstić information content (AvgIpc) is 2.94. The van der Waals surface area contributed by atoms with E-state index in [2.05, 4.69) is 20.6 Å². The molecule has 0 atom stereocenters. The zero-order chi connectivity index (χ0) is 15.9. The molecule has 0 aliphatic heterocycles. The second kappa shape index (κ2) is 7.65. The quantitative estimate of drug-likeness (QED) is 0.843. The van der Waals surface area contributed by atoms with Gasteiger partial charge in [-0.05, 0) is 26.0 Å². The number of nitrogens with zero attached hydrogens (tertiary/aromatic N) is 2. The van der Waals surface area contributed by atoms with Crippen molar-refractivity contribution in [2.75, 3.05) is 6.54 Å². The molecule has 0 radical (unpaired) electrons. The summed E-state index contributed by atoms with van der Waals surface area (Å²) in [5.74, 6) is -0.424. The van der Waals surface area contributed by atoms with E-state index >= 15 is 0 Å². The van der Waals surface area contributed by atoms with Gasteiger partial charge in [0.25, 0.3) is 0 Å². The molecule has 2 rings (SSSR count). The van der Waals surface area contributed by atoms with Crippen molar-refractivity contribution < 1.29 is 9.59 Å². The summed E-state index contributed by atoms with van der Waals surface area (Å²) in [7, 11) is 0. The third-order valence-electron chi connectivity index (χ3n) is 2.67. The number of rotatable bonds is 6. The number of thiazole rings is 1. The Morgan fingerprint density at radius 2 is 2.09 bits per heavy atom. The summed E-state index contributed by atoms with van der Waals surface area (Å²) in [6.45, 7) is 3.72. The smallest absolute Gasteiger partial charge is 0.239 e. The maximum atomic E-state index is 11.8. The second-order valence-electron chi connectivity index (χ2n) is 5.03. The molecule has 2 aromatic rings. The third kappa shape index (κ3) is 4.92. The zero-order valence-electron chi connectivity index (χ0n) is 12.5. The van der Waals surface area contributed by atoms with Crippen LogP contribution in [0.2, 0.25) is 0 Å². The summed E-state index contributed by atoms with van der Waals surface area (Å²) in [5, 5.41) is 7.91. The highest BCUT2D eigenvalue weighted by molar-refractivity contribution is 7.13. The standard InChI is InChI=1S/C15H18N4O2S/c1-10(2)18-14(21)8-17-13(20)7-11-9-22-15(19-11)12-5-3-4-6-16-12/h3-6,9-10H,7-8H2,1-2H3,(H,17,20)(H,18,21). The molecule has 0 saturated carbocycles. The van der Waals surface area contributed by atoms with Crippen LogP contribution in [-0.4, -0.2) is 34.4 Å². The maximum Gasteiger partial charge on any atom is 0.239 e. The van der Waals surface area contributed by atoms with Gasteiger partial charge in [-0.3, -0.25) is 14.6 Å². The first-order valence-electron chi connectivity index (χ1n) is 6.96. The first-order valence-corrected chi connectivity index (χ1v) is 7.84. The Bertz CT molecular complexity index is 640. The highest BCUT2D eigenvalue weighted by atomic mass is 32.1. The number of carbonyl (C=O) groups excluding carboxylic acids is 2. The van der Waals surface area contributed by atoms with E-state index in [1.165, 1.54) is 11.3 Å². The number of nitrogens with one attached hydrogen (secondary N) is 2. The molecule has 2 aromatic heterocycles. The summed E-state index contributed by atoms with van der Waals surface area (Å²) in [6, 6.07) is 5.67. The highest BCUT2D eigenvalue weighted by Gasteiger charge is 2.11. The highest BCUT2D eigenvalue weighted by Crippen LogP contribution is 2.21. The van der Waals surface area contributed by atoms with Crippen LogP contribution in [0.3, 0.4) is 0 Å². The molecule has 0 spiro atoms. The topological polar surface area (TPSA) is 84.0 Å². The van der Waals surface area contributed by atoms with Crippen molar-refractivity contribution in [3.63, 3.8) is 0 Å². The van der Waals surface area contributed by atoms with E-state index in [1.807, 2.05) is 37.4 Å². The van der Waals surface area contributed by atoms with Crippen molar-refractivity contribution in [1.82, 2.24) is 20.6 Å². The molecular weight excluding hydrogens is 300 g/mol. The SMILES string of the molecule is CC(C)NC(=O)CNC(=O)Cc1csc(-c2ccccn2)n1. The molecule has 0 unspecified atom stereocenters. The Labute approximate surface area is 133 Å². The summed E-state index contributed by atoms with van der Waals surface area (Å²) in [6.07, 6.45) is 1.86. The Morgan fingerprint density at radius 1 is 1.27 bits per heavy atom. The minimum atomic E-state index is -0.225. The molecule has 0 aliphatic rings. The van der Waals surface area contributed by atoms with Crippen molar-refractivity contribution >= 4 is 23.2 Å².